The Morgan fingerprint density at radius 1 is 1.33 bits per heavy atom. The zero-order valence-corrected chi connectivity index (χ0v) is 11.0. The van der Waals surface area contributed by atoms with Gasteiger partial charge in [-0.1, -0.05) is 48.0 Å². The molecule has 1 aliphatic carbocycles. The highest BCUT2D eigenvalue weighted by atomic mass is 35.5. The van der Waals surface area contributed by atoms with Crippen LogP contribution in [-0.4, -0.2) is 11.8 Å². The van der Waals surface area contributed by atoms with Crippen LogP contribution in [0.15, 0.2) is 48.6 Å². The lowest BCUT2D eigenvalue weighted by molar-refractivity contribution is -0.117. The molecule has 0 radical (unpaired) electrons. The molecule has 0 saturated carbocycles. The van der Waals surface area contributed by atoms with Gasteiger partial charge in [-0.25, -0.2) is 0 Å². The fourth-order valence-electron chi connectivity index (χ4n) is 2.09. The van der Waals surface area contributed by atoms with Gasteiger partial charge in [-0.15, -0.1) is 0 Å². The highest BCUT2D eigenvalue weighted by Gasteiger charge is 2.20. The van der Waals surface area contributed by atoms with Crippen LogP contribution in [0.1, 0.15) is 13.3 Å². The lowest BCUT2D eigenvalue weighted by atomic mass is 9.96. The van der Waals surface area contributed by atoms with E-state index in [0.717, 1.165) is 5.69 Å². The maximum atomic E-state index is 11.4. The number of ketones is 1. The molecule has 0 fully saturated rings. The van der Waals surface area contributed by atoms with Gasteiger partial charge in [0.05, 0.1) is 10.7 Å². The average Bonchev–Trinajstić information content (AvgIpc) is 2.84. The maximum absolute atomic E-state index is 11.4. The quantitative estimate of drug-likeness (QED) is 0.873. The molecule has 3 heteroatoms. The summed E-state index contributed by atoms with van der Waals surface area (Å²) in [5.74, 6) is 0.415. The van der Waals surface area contributed by atoms with E-state index in [9.17, 15) is 4.79 Å². The van der Waals surface area contributed by atoms with Crippen molar-refractivity contribution in [3.8, 4) is 0 Å². The molecule has 0 heterocycles. The SMILES string of the molecule is CC(=O)C[C@H](Nc1ccccc1Cl)C1C=CC=C1. The number of carbonyl (C=O) groups is 1. The van der Waals surface area contributed by atoms with Crippen LogP contribution in [0, 0.1) is 5.92 Å². The van der Waals surface area contributed by atoms with Crippen LogP contribution < -0.4 is 5.32 Å². The number of hydrogen-bond acceptors (Lipinski definition) is 2. The van der Waals surface area contributed by atoms with Gasteiger partial charge in [0.1, 0.15) is 5.78 Å². The predicted octanol–water partition coefficient (Wildman–Crippen LogP) is 3.84. The summed E-state index contributed by atoms with van der Waals surface area (Å²) in [6, 6.07) is 7.65. The zero-order valence-electron chi connectivity index (χ0n) is 10.3. The van der Waals surface area contributed by atoms with Crippen molar-refractivity contribution in [1.29, 1.82) is 0 Å². The molecule has 2 rings (SSSR count). The van der Waals surface area contributed by atoms with Crippen molar-refractivity contribution in [3.05, 3.63) is 53.6 Å². The second-order valence-corrected chi connectivity index (χ2v) is 4.89. The Labute approximate surface area is 112 Å². The summed E-state index contributed by atoms with van der Waals surface area (Å²) in [5, 5.41) is 4.04. The Morgan fingerprint density at radius 3 is 2.61 bits per heavy atom. The lowest BCUT2D eigenvalue weighted by Crippen LogP contribution is -2.28. The Morgan fingerprint density at radius 2 is 2.00 bits per heavy atom. The zero-order chi connectivity index (χ0) is 13.0. The van der Waals surface area contributed by atoms with Crippen molar-refractivity contribution in [2.24, 2.45) is 5.92 Å². The van der Waals surface area contributed by atoms with Gasteiger partial charge >= 0.3 is 0 Å². The summed E-state index contributed by atoms with van der Waals surface area (Å²) < 4.78 is 0. The number of allylic oxidation sites excluding steroid dienone is 2. The minimum atomic E-state index is 0.0531. The minimum Gasteiger partial charge on any atom is -0.380 e. The van der Waals surface area contributed by atoms with E-state index in [1.807, 2.05) is 36.4 Å². The standard InChI is InChI=1S/C15H16ClNO/c1-11(18)10-15(12-6-2-3-7-12)17-14-9-5-4-8-13(14)16/h2-9,12,15,17H,10H2,1H3/t15-/m0/s1. The summed E-state index contributed by atoms with van der Waals surface area (Å²) >= 11 is 6.13. The Bertz CT molecular complexity index is 481. The summed E-state index contributed by atoms with van der Waals surface area (Å²) in [6.45, 7) is 1.61. The molecular weight excluding hydrogens is 246 g/mol. The smallest absolute Gasteiger partial charge is 0.131 e. The molecule has 0 aromatic heterocycles. The maximum Gasteiger partial charge on any atom is 0.131 e. The second kappa shape index (κ2) is 5.87. The third-order valence-electron chi connectivity index (χ3n) is 2.96. The van der Waals surface area contributed by atoms with Gasteiger partial charge in [0.2, 0.25) is 0 Å². The summed E-state index contributed by atoms with van der Waals surface area (Å²) in [4.78, 5) is 11.4. The summed E-state index contributed by atoms with van der Waals surface area (Å²) in [7, 11) is 0. The lowest BCUT2D eigenvalue weighted by Gasteiger charge is -2.23. The predicted molar refractivity (Wildman–Crippen MR) is 75.9 cm³/mol. The third-order valence-corrected chi connectivity index (χ3v) is 3.29. The number of benzene rings is 1. The number of rotatable bonds is 5. The summed E-state index contributed by atoms with van der Waals surface area (Å²) in [5.41, 5.74) is 0.874. The molecule has 1 aromatic carbocycles. The fraction of sp³-hybridized carbons (Fsp3) is 0.267. The number of halogens is 1. The highest BCUT2D eigenvalue weighted by molar-refractivity contribution is 6.33. The Balaban J connectivity index is 2.14. The molecule has 1 N–H and O–H groups in total. The molecule has 1 aromatic rings. The monoisotopic (exact) mass is 261 g/mol. The normalized spacial score (nSPS) is 15.9. The molecule has 1 atom stereocenters. The van der Waals surface area contributed by atoms with Gasteiger partial charge < -0.3 is 5.32 Å². The molecule has 0 saturated heterocycles. The van der Waals surface area contributed by atoms with Crippen molar-refractivity contribution in [2.45, 2.75) is 19.4 Å². The first kappa shape index (κ1) is 12.9. The van der Waals surface area contributed by atoms with Crippen LogP contribution in [0.5, 0.6) is 0 Å². The van der Waals surface area contributed by atoms with E-state index in [2.05, 4.69) is 17.5 Å². The van der Waals surface area contributed by atoms with Gasteiger partial charge in [0.15, 0.2) is 0 Å². The van der Waals surface area contributed by atoms with E-state index >= 15 is 0 Å². The van der Waals surface area contributed by atoms with Crippen molar-refractivity contribution in [2.75, 3.05) is 5.32 Å². The Kier molecular flexibility index (Phi) is 4.21. The number of Topliss-reactive ketones (excluding diaryl/α,β-unsaturated/α-hetero) is 1. The molecule has 0 unspecified atom stereocenters. The molecule has 0 bridgehead atoms. The number of para-hydroxylation sites is 1. The van der Waals surface area contributed by atoms with Crippen LogP contribution in [0.2, 0.25) is 5.02 Å². The summed E-state index contributed by atoms with van der Waals surface area (Å²) in [6.07, 6.45) is 8.69. The Hall–Kier alpha value is -1.54. The van der Waals surface area contributed by atoms with Gasteiger partial charge in [-0.3, -0.25) is 4.79 Å². The van der Waals surface area contributed by atoms with Crippen molar-refractivity contribution in [1.82, 2.24) is 0 Å². The van der Waals surface area contributed by atoms with Crippen LogP contribution >= 0.6 is 11.6 Å². The van der Waals surface area contributed by atoms with Crippen LogP contribution in [-0.2, 0) is 4.79 Å². The van der Waals surface area contributed by atoms with Gasteiger partial charge in [0, 0.05) is 18.4 Å². The molecule has 18 heavy (non-hydrogen) atoms. The largest absolute Gasteiger partial charge is 0.380 e. The molecule has 1 aliphatic rings. The van der Waals surface area contributed by atoms with E-state index in [4.69, 9.17) is 11.6 Å². The van der Waals surface area contributed by atoms with Crippen molar-refractivity contribution in [3.63, 3.8) is 0 Å². The average molecular weight is 262 g/mol. The van der Waals surface area contributed by atoms with Gasteiger partial charge in [0.25, 0.3) is 0 Å². The second-order valence-electron chi connectivity index (χ2n) is 4.48. The highest BCUT2D eigenvalue weighted by Crippen LogP contribution is 2.26. The number of anilines is 1. The molecule has 0 amide bonds. The van der Waals surface area contributed by atoms with Gasteiger partial charge in [-0.2, -0.15) is 0 Å². The number of carbonyl (C=O) groups excluding carboxylic acids is 1. The number of nitrogens with one attached hydrogen (secondary N) is 1. The third kappa shape index (κ3) is 3.23. The van der Waals surface area contributed by atoms with Crippen LogP contribution in [0.4, 0.5) is 5.69 Å². The first-order valence-corrected chi connectivity index (χ1v) is 6.40. The minimum absolute atomic E-state index is 0.0531. The molecule has 0 spiro atoms. The van der Waals surface area contributed by atoms with E-state index in [1.165, 1.54) is 0 Å². The van der Waals surface area contributed by atoms with E-state index < -0.39 is 0 Å². The number of hydrogen-bond donors (Lipinski definition) is 1. The molecular formula is C15H16ClNO. The molecule has 94 valence electrons. The fourth-order valence-corrected chi connectivity index (χ4v) is 2.28. The van der Waals surface area contributed by atoms with E-state index in [-0.39, 0.29) is 17.7 Å². The van der Waals surface area contributed by atoms with E-state index in [0.29, 0.717) is 11.4 Å². The molecule has 2 nitrogen and oxygen atoms in total. The van der Waals surface area contributed by atoms with Gasteiger partial charge in [-0.05, 0) is 19.1 Å². The van der Waals surface area contributed by atoms with Crippen molar-refractivity contribution >= 4 is 23.1 Å². The molecule has 0 aliphatic heterocycles. The topological polar surface area (TPSA) is 29.1 Å². The first-order chi connectivity index (χ1) is 8.66. The van der Waals surface area contributed by atoms with Crippen molar-refractivity contribution < 1.29 is 4.79 Å². The first-order valence-electron chi connectivity index (χ1n) is 6.02. The van der Waals surface area contributed by atoms with Crippen LogP contribution in [0.3, 0.4) is 0 Å². The van der Waals surface area contributed by atoms with E-state index in [1.54, 1.807) is 6.92 Å². The van der Waals surface area contributed by atoms with Crippen LogP contribution in [0.25, 0.3) is 0 Å².